The molecule has 0 amide bonds. The van der Waals surface area contributed by atoms with E-state index in [1.165, 1.54) is 6.92 Å². The first-order valence-corrected chi connectivity index (χ1v) is 9.64. The Kier molecular flexibility index (Phi) is 5.29. The van der Waals surface area contributed by atoms with E-state index in [1.54, 1.807) is 0 Å². The van der Waals surface area contributed by atoms with Crippen molar-refractivity contribution in [1.29, 1.82) is 0 Å². The summed E-state index contributed by atoms with van der Waals surface area (Å²) in [6.45, 7) is 8.95. The number of rotatable bonds is 3. The fourth-order valence-electron chi connectivity index (χ4n) is 3.34. The maximum absolute atomic E-state index is 11.7. The molecule has 142 valence electrons. The van der Waals surface area contributed by atoms with Gasteiger partial charge in [-0.25, -0.2) is 0 Å². The van der Waals surface area contributed by atoms with E-state index >= 15 is 0 Å². The highest BCUT2D eigenvalue weighted by molar-refractivity contribution is 9.28. The van der Waals surface area contributed by atoms with Crippen molar-refractivity contribution in [2.75, 3.05) is 6.61 Å². The van der Waals surface area contributed by atoms with E-state index in [2.05, 4.69) is 31.9 Å². The molecule has 0 bridgehead atoms. The van der Waals surface area contributed by atoms with Crippen LogP contribution in [0.2, 0.25) is 0 Å². The highest BCUT2D eigenvalue weighted by atomic mass is 79.9. The molecule has 3 fully saturated rings. The topological polar surface area (TPSA) is 72.5 Å². The van der Waals surface area contributed by atoms with Gasteiger partial charge < -0.3 is 28.4 Å². The molecule has 0 radical (unpaired) electrons. The van der Waals surface area contributed by atoms with Gasteiger partial charge in [0.25, 0.3) is 0 Å². The Balaban J connectivity index is 1.90. The quantitative estimate of drug-likeness (QED) is 0.569. The summed E-state index contributed by atoms with van der Waals surface area (Å²) in [6.07, 6.45) is -2.60. The number of ether oxygens (including phenoxy) is 6. The van der Waals surface area contributed by atoms with E-state index in [0.717, 1.165) is 0 Å². The SMILES string of the molecule is CC(=O)O[C@@H]([C@@H]1OC(=C(Br)Br)[C@@H]2OC(C)(C)O[C@H]12)[C@H]1COC(C)(C)O1. The van der Waals surface area contributed by atoms with Crippen molar-refractivity contribution in [3.8, 4) is 0 Å². The van der Waals surface area contributed by atoms with Crippen LogP contribution in [0.1, 0.15) is 34.6 Å². The van der Waals surface area contributed by atoms with Crippen LogP contribution in [0.3, 0.4) is 0 Å². The molecule has 0 saturated carbocycles. The fraction of sp³-hybridized carbons (Fsp3) is 0.812. The van der Waals surface area contributed by atoms with Crippen LogP contribution in [0, 0.1) is 0 Å². The summed E-state index contributed by atoms with van der Waals surface area (Å²) in [4.78, 5) is 11.7. The molecule has 3 saturated heterocycles. The molecular weight excluding hydrogens is 464 g/mol. The van der Waals surface area contributed by atoms with Crippen molar-refractivity contribution in [1.82, 2.24) is 0 Å². The van der Waals surface area contributed by atoms with Gasteiger partial charge in [-0.2, -0.15) is 0 Å². The number of halogens is 2. The van der Waals surface area contributed by atoms with Gasteiger partial charge in [0.05, 0.1) is 6.61 Å². The van der Waals surface area contributed by atoms with Gasteiger partial charge >= 0.3 is 5.97 Å². The molecular formula is C16H22Br2O7. The summed E-state index contributed by atoms with van der Waals surface area (Å²) in [5.41, 5.74) is 0. The second-order valence-corrected chi connectivity index (χ2v) is 9.82. The highest BCUT2D eigenvalue weighted by Crippen LogP contribution is 2.46. The first-order chi connectivity index (χ1) is 11.5. The summed E-state index contributed by atoms with van der Waals surface area (Å²) in [7, 11) is 0. The molecule has 7 nitrogen and oxygen atoms in total. The summed E-state index contributed by atoms with van der Waals surface area (Å²) in [5, 5.41) is 0. The highest BCUT2D eigenvalue weighted by Gasteiger charge is 2.59. The third-order valence-corrected chi connectivity index (χ3v) is 4.96. The molecule has 3 rings (SSSR count). The normalized spacial score (nSPS) is 36.7. The molecule has 0 aromatic rings. The standard InChI is InChI=1S/C16H22Br2O7/c1-7(19)21-9(8-6-20-15(2,3)23-8)10-11-12(13(22-10)14(17)18)25-16(4,5)24-11/h8-12H,6H2,1-5H3/t8-,9-,10+,11-,12-/m1/s1. The molecule has 3 heterocycles. The van der Waals surface area contributed by atoms with Gasteiger partial charge in [0.2, 0.25) is 0 Å². The molecule has 0 N–H and O–H groups in total. The van der Waals surface area contributed by atoms with Crippen LogP contribution in [0.5, 0.6) is 0 Å². The third kappa shape index (κ3) is 4.06. The van der Waals surface area contributed by atoms with Gasteiger partial charge in [0.1, 0.15) is 27.5 Å². The average Bonchev–Trinajstić information content (AvgIpc) is 3.06. The number of esters is 1. The van der Waals surface area contributed by atoms with E-state index < -0.39 is 48.1 Å². The molecule has 0 spiro atoms. The van der Waals surface area contributed by atoms with Crippen LogP contribution in [-0.4, -0.2) is 54.7 Å². The first-order valence-electron chi connectivity index (χ1n) is 8.05. The summed E-state index contributed by atoms with van der Waals surface area (Å²) in [5.74, 6) is -1.38. The van der Waals surface area contributed by atoms with Gasteiger partial charge in [0, 0.05) is 6.92 Å². The number of hydrogen-bond acceptors (Lipinski definition) is 7. The van der Waals surface area contributed by atoms with Crippen LogP contribution in [0.4, 0.5) is 0 Å². The number of carbonyl (C=O) groups excluding carboxylic acids is 1. The van der Waals surface area contributed by atoms with Crippen molar-refractivity contribution in [3.63, 3.8) is 0 Å². The van der Waals surface area contributed by atoms with Crippen LogP contribution >= 0.6 is 31.9 Å². The molecule has 3 aliphatic heterocycles. The third-order valence-electron chi connectivity index (χ3n) is 4.18. The molecule has 0 aliphatic carbocycles. The Morgan fingerprint density at radius 1 is 1.16 bits per heavy atom. The predicted octanol–water partition coefficient (Wildman–Crippen LogP) is 2.95. The van der Waals surface area contributed by atoms with E-state index in [0.29, 0.717) is 15.8 Å². The average molecular weight is 486 g/mol. The molecule has 0 aromatic carbocycles. The number of carbonyl (C=O) groups is 1. The minimum Gasteiger partial charge on any atom is -0.483 e. The monoisotopic (exact) mass is 484 g/mol. The number of fused-ring (bicyclic) bond motifs is 1. The zero-order chi connectivity index (χ0) is 18.6. The van der Waals surface area contributed by atoms with Crippen LogP contribution in [0.15, 0.2) is 9.15 Å². The zero-order valence-corrected chi connectivity index (χ0v) is 17.9. The largest absolute Gasteiger partial charge is 0.483 e. The van der Waals surface area contributed by atoms with Crippen molar-refractivity contribution in [2.24, 2.45) is 0 Å². The van der Waals surface area contributed by atoms with Crippen molar-refractivity contribution in [3.05, 3.63) is 9.15 Å². The molecule has 0 aromatic heterocycles. The Morgan fingerprint density at radius 3 is 2.36 bits per heavy atom. The lowest BCUT2D eigenvalue weighted by Crippen LogP contribution is -2.48. The Morgan fingerprint density at radius 2 is 1.84 bits per heavy atom. The maximum atomic E-state index is 11.7. The van der Waals surface area contributed by atoms with E-state index in [4.69, 9.17) is 28.4 Å². The van der Waals surface area contributed by atoms with Crippen LogP contribution in [-0.2, 0) is 33.2 Å². The molecule has 9 heteroatoms. The second-order valence-electron chi connectivity index (χ2n) is 7.17. The number of hydrogen-bond donors (Lipinski definition) is 0. The van der Waals surface area contributed by atoms with Gasteiger partial charge in [-0.3, -0.25) is 4.79 Å². The van der Waals surface area contributed by atoms with E-state index in [9.17, 15) is 4.79 Å². The summed E-state index contributed by atoms with van der Waals surface area (Å²) in [6, 6.07) is 0. The van der Waals surface area contributed by atoms with Crippen LogP contribution < -0.4 is 0 Å². The van der Waals surface area contributed by atoms with E-state index in [1.807, 2.05) is 27.7 Å². The summed E-state index contributed by atoms with van der Waals surface area (Å²) < 4.78 is 35.8. The lowest BCUT2D eigenvalue weighted by molar-refractivity contribution is -0.201. The van der Waals surface area contributed by atoms with Gasteiger partial charge in [0.15, 0.2) is 23.8 Å². The zero-order valence-electron chi connectivity index (χ0n) is 14.7. The minimum absolute atomic E-state index is 0.293. The fourth-order valence-corrected chi connectivity index (χ4v) is 3.98. The van der Waals surface area contributed by atoms with Crippen molar-refractivity contribution < 1.29 is 33.2 Å². The van der Waals surface area contributed by atoms with Crippen molar-refractivity contribution >= 4 is 37.8 Å². The van der Waals surface area contributed by atoms with Gasteiger partial charge in [-0.15, -0.1) is 0 Å². The van der Waals surface area contributed by atoms with Gasteiger partial charge in [-0.05, 0) is 59.6 Å². The molecule has 25 heavy (non-hydrogen) atoms. The molecule has 5 atom stereocenters. The van der Waals surface area contributed by atoms with Crippen LogP contribution in [0.25, 0.3) is 0 Å². The predicted molar refractivity (Wildman–Crippen MR) is 94.0 cm³/mol. The second kappa shape index (κ2) is 6.76. The maximum Gasteiger partial charge on any atom is 0.303 e. The Hall–Kier alpha value is -0.190. The van der Waals surface area contributed by atoms with Gasteiger partial charge in [-0.1, -0.05) is 0 Å². The minimum atomic E-state index is -0.773. The van der Waals surface area contributed by atoms with E-state index in [-0.39, 0.29) is 0 Å². The molecule has 3 aliphatic rings. The molecule has 0 unspecified atom stereocenters. The smallest absolute Gasteiger partial charge is 0.303 e. The van der Waals surface area contributed by atoms with Crippen molar-refractivity contribution in [2.45, 2.75) is 76.7 Å². The summed E-state index contributed by atoms with van der Waals surface area (Å²) >= 11 is 6.75. The first kappa shape index (κ1) is 19.6. The lowest BCUT2D eigenvalue weighted by Gasteiger charge is -2.31. The Labute approximate surface area is 163 Å². The lowest BCUT2D eigenvalue weighted by atomic mass is 10.0. The Bertz CT molecular complexity index is 585.